The van der Waals surface area contributed by atoms with Crippen LogP contribution >= 0.6 is 15.9 Å². The van der Waals surface area contributed by atoms with Crippen LogP contribution in [-0.4, -0.2) is 17.6 Å². The van der Waals surface area contributed by atoms with Gasteiger partial charge < -0.3 is 11.1 Å². The molecular formula is C15H20BrN3. The minimum Gasteiger partial charge on any atom is -0.368 e. The van der Waals surface area contributed by atoms with Crippen LogP contribution in [0.4, 0.5) is 5.82 Å². The van der Waals surface area contributed by atoms with Crippen molar-refractivity contribution >= 4 is 32.5 Å². The highest BCUT2D eigenvalue weighted by Gasteiger charge is 2.08. The summed E-state index contributed by atoms with van der Waals surface area (Å²) in [6.45, 7) is 5.12. The summed E-state index contributed by atoms with van der Waals surface area (Å²) in [5.74, 6) is 1.52. The Labute approximate surface area is 122 Å². The van der Waals surface area contributed by atoms with E-state index >= 15 is 0 Å². The van der Waals surface area contributed by atoms with Gasteiger partial charge in [-0.15, -0.1) is 0 Å². The number of hydrogen-bond acceptors (Lipinski definition) is 3. The summed E-state index contributed by atoms with van der Waals surface area (Å²) < 4.78 is 1.09. The zero-order chi connectivity index (χ0) is 13.8. The molecule has 4 heteroatoms. The van der Waals surface area contributed by atoms with Crippen molar-refractivity contribution < 1.29 is 0 Å². The fourth-order valence-corrected chi connectivity index (χ4v) is 2.72. The number of fused-ring (bicyclic) bond motifs is 1. The quantitative estimate of drug-likeness (QED) is 0.881. The summed E-state index contributed by atoms with van der Waals surface area (Å²) in [5.41, 5.74) is 6.10. The number of rotatable bonds is 5. The van der Waals surface area contributed by atoms with Gasteiger partial charge in [-0.25, -0.2) is 4.98 Å². The second kappa shape index (κ2) is 6.35. The molecule has 1 aromatic heterocycles. The van der Waals surface area contributed by atoms with E-state index in [1.54, 1.807) is 0 Å². The molecule has 0 aliphatic rings. The first-order valence-electron chi connectivity index (χ1n) is 6.60. The number of halogens is 1. The predicted octanol–water partition coefficient (Wildman–Crippen LogP) is 3.78. The fourth-order valence-electron chi connectivity index (χ4n) is 2.23. The zero-order valence-corrected chi connectivity index (χ0v) is 12.9. The summed E-state index contributed by atoms with van der Waals surface area (Å²) in [6, 6.07) is 8.30. The molecule has 2 rings (SSSR count). The molecule has 0 bridgehead atoms. The molecule has 0 aliphatic heterocycles. The van der Waals surface area contributed by atoms with Gasteiger partial charge in [0.15, 0.2) is 0 Å². The maximum absolute atomic E-state index is 6.10. The van der Waals surface area contributed by atoms with E-state index in [1.165, 1.54) is 0 Å². The molecule has 0 fully saturated rings. The van der Waals surface area contributed by atoms with E-state index in [4.69, 9.17) is 5.73 Å². The van der Waals surface area contributed by atoms with Gasteiger partial charge in [-0.1, -0.05) is 41.9 Å². The molecule has 0 amide bonds. The van der Waals surface area contributed by atoms with Gasteiger partial charge in [0.2, 0.25) is 0 Å². The van der Waals surface area contributed by atoms with Gasteiger partial charge in [-0.3, -0.25) is 0 Å². The van der Waals surface area contributed by atoms with E-state index in [0.717, 1.165) is 34.0 Å². The van der Waals surface area contributed by atoms with Crippen LogP contribution in [0.25, 0.3) is 10.8 Å². The molecule has 0 saturated heterocycles. The molecule has 1 atom stereocenters. The van der Waals surface area contributed by atoms with Gasteiger partial charge in [0, 0.05) is 34.0 Å². The lowest BCUT2D eigenvalue weighted by Crippen LogP contribution is -2.30. The van der Waals surface area contributed by atoms with Crippen molar-refractivity contribution in [1.29, 1.82) is 0 Å². The van der Waals surface area contributed by atoms with E-state index in [0.29, 0.717) is 5.92 Å². The van der Waals surface area contributed by atoms with Crippen LogP contribution in [-0.2, 0) is 0 Å². The van der Waals surface area contributed by atoms with Crippen molar-refractivity contribution in [2.24, 2.45) is 11.7 Å². The Balaban J connectivity index is 2.15. The molecule has 0 aliphatic carbocycles. The number of nitrogens with one attached hydrogen (secondary N) is 1. The summed E-state index contributed by atoms with van der Waals surface area (Å²) in [6.07, 6.45) is 2.84. The Kier molecular flexibility index (Phi) is 4.77. The highest BCUT2D eigenvalue weighted by molar-refractivity contribution is 9.10. The van der Waals surface area contributed by atoms with Crippen molar-refractivity contribution in [2.45, 2.75) is 26.3 Å². The molecular weight excluding hydrogens is 302 g/mol. The lowest BCUT2D eigenvalue weighted by atomic mass is 10.0. The standard InChI is InChI=1S/C15H20BrN3/c1-10(2)8-11(17)9-19-15-13-4-3-5-14(16)12(13)6-7-18-15/h3-7,10-11H,8-9,17H2,1-2H3,(H,18,19). The van der Waals surface area contributed by atoms with Crippen LogP contribution in [0.1, 0.15) is 20.3 Å². The number of nitrogens with zero attached hydrogens (tertiary/aromatic N) is 1. The Hall–Kier alpha value is -1.13. The van der Waals surface area contributed by atoms with Gasteiger partial charge in [-0.05, 0) is 24.5 Å². The van der Waals surface area contributed by atoms with Gasteiger partial charge in [0.05, 0.1) is 0 Å². The van der Waals surface area contributed by atoms with E-state index in [1.807, 2.05) is 24.4 Å². The highest BCUT2D eigenvalue weighted by Crippen LogP contribution is 2.27. The van der Waals surface area contributed by atoms with E-state index in [-0.39, 0.29) is 6.04 Å². The number of benzene rings is 1. The molecule has 1 aromatic carbocycles. The van der Waals surface area contributed by atoms with Gasteiger partial charge in [0.25, 0.3) is 0 Å². The van der Waals surface area contributed by atoms with E-state index in [2.05, 4.69) is 46.1 Å². The number of aromatic nitrogens is 1. The molecule has 0 spiro atoms. The van der Waals surface area contributed by atoms with Gasteiger partial charge in [-0.2, -0.15) is 0 Å². The summed E-state index contributed by atoms with van der Waals surface area (Å²) in [7, 11) is 0. The topological polar surface area (TPSA) is 50.9 Å². The molecule has 2 aromatic rings. The molecule has 19 heavy (non-hydrogen) atoms. The van der Waals surface area contributed by atoms with Crippen LogP contribution < -0.4 is 11.1 Å². The van der Waals surface area contributed by atoms with Gasteiger partial charge in [0.1, 0.15) is 5.82 Å². The van der Waals surface area contributed by atoms with Crippen molar-refractivity contribution in [1.82, 2.24) is 4.98 Å². The minimum absolute atomic E-state index is 0.157. The first-order valence-corrected chi connectivity index (χ1v) is 7.40. The van der Waals surface area contributed by atoms with Crippen LogP contribution in [0.15, 0.2) is 34.9 Å². The number of nitrogens with two attached hydrogens (primary N) is 1. The molecule has 1 heterocycles. The zero-order valence-electron chi connectivity index (χ0n) is 11.4. The lowest BCUT2D eigenvalue weighted by Gasteiger charge is -2.16. The molecule has 0 radical (unpaired) electrons. The number of anilines is 1. The SMILES string of the molecule is CC(C)CC(N)CNc1nccc2c(Br)cccc12. The monoisotopic (exact) mass is 321 g/mol. The smallest absolute Gasteiger partial charge is 0.133 e. The third kappa shape index (κ3) is 3.67. The normalized spacial score (nSPS) is 12.9. The van der Waals surface area contributed by atoms with E-state index in [9.17, 15) is 0 Å². The minimum atomic E-state index is 0.157. The number of pyridine rings is 1. The largest absolute Gasteiger partial charge is 0.368 e. The van der Waals surface area contributed by atoms with Crippen LogP contribution in [0.3, 0.4) is 0 Å². The van der Waals surface area contributed by atoms with Crippen molar-refractivity contribution in [3.05, 3.63) is 34.9 Å². The van der Waals surface area contributed by atoms with Crippen LogP contribution in [0.2, 0.25) is 0 Å². The highest BCUT2D eigenvalue weighted by atomic mass is 79.9. The third-order valence-electron chi connectivity index (χ3n) is 3.06. The molecule has 3 N–H and O–H groups in total. The molecule has 3 nitrogen and oxygen atoms in total. The Morgan fingerprint density at radius 1 is 1.26 bits per heavy atom. The third-order valence-corrected chi connectivity index (χ3v) is 3.75. The first kappa shape index (κ1) is 14.3. The average molecular weight is 322 g/mol. The average Bonchev–Trinajstić information content (AvgIpc) is 2.36. The number of hydrogen-bond donors (Lipinski definition) is 2. The van der Waals surface area contributed by atoms with Crippen molar-refractivity contribution in [3.63, 3.8) is 0 Å². The first-order chi connectivity index (χ1) is 9.08. The van der Waals surface area contributed by atoms with Crippen LogP contribution in [0, 0.1) is 5.92 Å². The van der Waals surface area contributed by atoms with Gasteiger partial charge >= 0.3 is 0 Å². The summed E-state index contributed by atoms with van der Waals surface area (Å²) in [4.78, 5) is 4.41. The Morgan fingerprint density at radius 2 is 2.05 bits per heavy atom. The molecule has 0 saturated carbocycles. The predicted molar refractivity (Wildman–Crippen MR) is 85.4 cm³/mol. The fraction of sp³-hybridized carbons (Fsp3) is 0.400. The van der Waals surface area contributed by atoms with Crippen molar-refractivity contribution in [2.75, 3.05) is 11.9 Å². The lowest BCUT2D eigenvalue weighted by molar-refractivity contribution is 0.508. The molecule has 1 unspecified atom stereocenters. The van der Waals surface area contributed by atoms with Crippen LogP contribution in [0.5, 0.6) is 0 Å². The second-order valence-electron chi connectivity index (χ2n) is 5.27. The maximum Gasteiger partial charge on any atom is 0.133 e. The van der Waals surface area contributed by atoms with Crippen molar-refractivity contribution in [3.8, 4) is 0 Å². The molecule has 102 valence electrons. The second-order valence-corrected chi connectivity index (χ2v) is 6.12. The summed E-state index contributed by atoms with van der Waals surface area (Å²) >= 11 is 3.56. The Bertz CT molecular complexity index is 554. The Morgan fingerprint density at radius 3 is 2.79 bits per heavy atom. The summed E-state index contributed by atoms with van der Waals surface area (Å²) in [5, 5.41) is 5.65. The van der Waals surface area contributed by atoms with E-state index < -0.39 is 0 Å². The maximum atomic E-state index is 6.10.